The van der Waals surface area contributed by atoms with E-state index in [0.29, 0.717) is 25.7 Å². The molecule has 0 heterocycles. The zero-order valence-electron chi connectivity index (χ0n) is 15.3. The Kier molecular flexibility index (Phi) is 17.5. The molecule has 0 amide bonds. The van der Waals surface area contributed by atoms with E-state index in [0.717, 1.165) is 0 Å². The molecular formula is C21H25MnNO2P+. The number of nitrogens with zero attached hydrogens (tertiary/aromatic N) is 1. The first-order valence-electron chi connectivity index (χ1n) is 7.93. The Morgan fingerprint density at radius 2 is 1.23 bits per heavy atom. The van der Waals surface area contributed by atoms with E-state index < -0.39 is 0 Å². The molecule has 0 unspecified atom stereocenters. The Balaban J connectivity index is 0. The van der Waals surface area contributed by atoms with Gasteiger partial charge in [0, 0.05) is 28.9 Å². The standard InChI is InChI=1S/C17H16.C3H9P.CO.Mn.NO/c1-2-8-14(9-3-1)16-12-6-7-13-17(16)15-10-4-5-11-15;1-4(2)3;1-2;;1-2/h1-13,15-17H;1-3H3;;;/q;;;;+1/t16-,17+;;;;/m0..../s1. The summed E-state index contributed by atoms with van der Waals surface area (Å²) in [6.07, 6.45) is 17.9. The molecule has 3 rings (SSSR count). The number of hydrogen-bond donors (Lipinski definition) is 0. The van der Waals surface area contributed by atoms with E-state index in [-0.39, 0.29) is 17.1 Å². The van der Waals surface area contributed by atoms with Crippen molar-refractivity contribution in [2.24, 2.45) is 11.8 Å². The number of allylic oxidation sites excluding steroid dienone is 8. The normalized spacial score (nSPS) is 19.1. The van der Waals surface area contributed by atoms with Gasteiger partial charge in [-0.1, -0.05) is 78.9 Å². The molecule has 0 saturated heterocycles. The number of hydrogen-bond acceptors (Lipinski definition) is 1. The van der Waals surface area contributed by atoms with E-state index in [4.69, 9.17) is 14.9 Å². The van der Waals surface area contributed by atoms with Crippen molar-refractivity contribution >= 4 is 7.92 Å². The summed E-state index contributed by atoms with van der Waals surface area (Å²) in [7, 11) is 0.380. The minimum Gasteiger partial charge on any atom is 0 e. The maximum absolute atomic E-state index is 7.50. The third kappa shape index (κ3) is 9.88. The molecule has 0 bridgehead atoms. The van der Waals surface area contributed by atoms with Gasteiger partial charge in [-0.3, -0.25) is 0 Å². The minimum absolute atomic E-state index is 0. The maximum Gasteiger partial charge on any atom is 0 e. The number of benzene rings is 1. The second-order valence-electron chi connectivity index (χ2n) is 5.97. The summed E-state index contributed by atoms with van der Waals surface area (Å²) < 4.78 is 14.8. The van der Waals surface area contributed by atoms with E-state index in [1.54, 1.807) is 0 Å². The molecule has 0 N–H and O–H groups in total. The van der Waals surface area contributed by atoms with E-state index in [1.165, 1.54) is 5.56 Å². The van der Waals surface area contributed by atoms with Crippen LogP contribution in [0.3, 0.4) is 0 Å². The van der Waals surface area contributed by atoms with Gasteiger partial charge >= 0.3 is 21.5 Å². The first-order valence-corrected chi connectivity index (χ1v) is 10.6. The van der Waals surface area contributed by atoms with Crippen LogP contribution >= 0.6 is 7.92 Å². The molecule has 137 valence electrons. The molecular weight excluding hydrogens is 384 g/mol. The van der Waals surface area contributed by atoms with Crippen molar-refractivity contribution in [3.8, 4) is 0 Å². The molecule has 0 aromatic heterocycles. The molecule has 1 aromatic rings. The van der Waals surface area contributed by atoms with Crippen LogP contribution in [0.2, 0.25) is 0 Å². The zero-order valence-corrected chi connectivity index (χ0v) is 17.4. The average Bonchev–Trinajstić information content (AvgIpc) is 3.20. The van der Waals surface area contributed by atoms with Crippen LogP contribution in [0, 0.1) is 23.9 Å². The molecule has 2 atom stereocenters. The first-order chi connectivity index (χ1) is 12.2. The topological polar surface area (TPSA) is 63.6 Å². The smallest absolute Gasteiger partial charge is 0 e. The van der Waals surface area contributed by atoms with E-state index in [9.17, 15) is 0 Å². The van der Waals surface area contributed by atoms with E-state index >= 15 is 0 Å². The van der Waals surface area contributed by atoms with Crippen LogP contribution in [-0.4, -0.2) is 20.0 Å². The van der Waals surface area contributed by atoms with Gasteiger partial charge in [0.1, 0.15) is 0 Å². The predicted molar refractivity (Wildman–Crippen MR) is 104 cm³/mol. The average molecular weight is 409 g/mol. The summed E-state index contributed by atoms with van der Waals surface area (Å²) in [6.45, 7) is 11.2. The van der Waals surface area contributed by atoms with Gasteiger partial charge in [-0.25, -0.2) is 0 Å². The van der Waals surface area contributed by atoms with Crippen molar-refractivity contribution in [1.82, 2.24) is 0 Å². The third-order valence-corrected chi connectivity index (χ3v) is 3.58. The van der Waals surface area contributed by atoms with Gasteiger partial charge in [0.15, 0.2) is 0 Å². The first kappa shape index (κ1) is 26.8. The van der Waals surface area contributed by atoms with Crippen LogP contribution < -0.4 is 0 Å². The fourth-order valence-corrected chi connectivity index (χ4v) is 2.71. The molecule has 2 aliphatic carbocycles. The van der Waals surface area contributed by atoms with Crippen molar-refractivity contribution in [2.45, 2.75) is 5.92 Å². The molecule has 0 saturated carbocycles. The molecule has 26 heavy (non-hydrogen) atoms. The Morgan fingerprint density at radius 3 is 1.73 bits per heavy atom. The van der Waals surface area contributed by atoms with Crippen LogP contribution in [0.25, 0.3) is 0 Å². The van der Waals surface area contributed by atoms with Crippen molar-refractivity contribution in [3.05, 3.63) is 91.2 Å². The predicted octanol–water partition coefficient (Wildman–Crippen LogP) is 5.47. The second-order valence-corrected chi connectivity index (χ2v) is 8.66. The van der Waals surface area contributed by atoms with Crippen LogP contribution in [-0.2, 0) is 26.5 Å². The van der Waals surface area contributed by atoms with Gasteiger partial charge in [-0.05, 0) is 31.5 Å². The number of rotatable bonds is 2. The maximum atomic E-state index is 7.50. The molecule has 0 fully saturated rings. The summed E-state index contributed by atoms with van der Waals surface area (Å²) in [4.78, 5) is 0. The van der Waals surface area contributed by atoms with Gasteiger partial charge in [0.25, 0.3) is 0 Å². The van der Waals surface area contributed by atoms with E-state index in [2.05, 4.69) is 106 Å². The zero-order chi connectivity index (χ0) is 19.1. The van der Waals surface area contributed by atoms with Crippen molar-refractivity contribution in [1.29, 1.82) is 5.46 Å². The summed E-state index contributed by atoms with van der Waals surface area (Å²) >= 11 is 0. The summed E-state index contributed by atoms with van der Waals surface area (Å²) in [5.41, 5.74) is 7.16. The van der Waals surface area contributed by atoms with Crippen LogP contribution in [0.5, 0.6) is 0 Å². The Hall–Kier alpha value is -1.46. The Bertz CT molecular complexity index is 612. The van der Waals surface area contributed by atoms with Gasteiger partial charge in [0.05, 0.1) is 0 Å². The molecule has 5 heteroatoms. The third-order valence-electron chi connectivity index (χ3n) is 3.58. The Morgan fingerprint density at radius 1 is 0.808 bits per heavy atom. The summed E-state index contributed by atoms with van der Waals surface area (Å²) in [5, 5.41) is 0. The minimum atomic E-state index is 0. The quantitative estimate of drug-likeness (QED) is 0.277. The second kappa shape index (κ2) is 17.0. The molecule has 0 aliphatic heterocycles. The van der Waals surface area contributed by atoms with Crippen LogP contribution in [0.1, 0.15) is 11.5 Å². The van der Waals surface area contributed by atoms with Gasteiger partial charge < -0.3 is 0 Å². The van der Waals surface area contributed by atoms with Crippen LogP contribution in [0.4, 0.5) is 0 Å². The largest absolute Gasteiger partial charge is 0 e. The molecule has 2 aliphatic rings. The summed E-state index contributed by atoms with van der Waals surface area (Å²) in [5.74, 6) is 1.59. The summed E-state index contributed by atoms with van der Waals surface area (Å²) in [6, 6.07) is 10.8. The molecule has 1 aromatic carbocycles. The van der Waals surface area contributed by atoms with Crippen molar-refractivity contribution in [2.75, 3.05) is 20.0 Å². The molecule has 0 spiro atoms. The van der Waals surface area contributed by atoms with E-state index in [1.807, 2.05) is 0 Å². The molecule has 3 nitrogen and oxygen atoms in total. The van der Waals surface area contributed by atoms with Gasteiger partial charge in [0.2, 0.25) is 0 Å². The Labute approximate surface area is 168 Å². The van der Waals surface area contributed by atoms with Crippen molar-refractivity contribution < 1.29 is 26.5 Å². The SMILES string of the molecule is C1=CC([C@H]2C=CC=C[C@H]2c2ccccc2)C=C1.CP(C)C.N#[O+].[C-]#[O+].[Mn]. The monoisotopic (exact) mass is 409 g/mol. The fourth-order valence-electron chi connectivity index (χ4n) is 2.71. The van der Waals surface area contributed by atoms with Crippen LogP contribution in [0.15, 0.2) is 78.9 Å². The van der Waals surface area contributed by atoms with Gasteiger partial charge in [-0.15, -0.1) is 7.92 Å². The van der Waals surface area contributed by atoms with Crippen molar-refractivity contribution in [3.63, 3.8) is 0 Å². The van der Waals surface area contributed by atoms with Gasteiger partial charge in [-0.2, -0.15) is 0 Å². The molecule has 1 radical (unpaired) electrons. The fraction of sp³-hybridized carbons (Fsp3) is 0.286.